The average Bonchev–Trinajstić information content (AvgIpc) is 3.34. The third-order valence-electron chi connectivity index (χ3n) is 6.30. The molecule has 27 heavy (non-hydrogen) atoms. The lowest BCUT2D eigenvalue weighted by molar-refractivity contribution is 0.00729. The molecule has 6 heteroatoms. The predicted molar refractivity (Wildman–Crippen MR) is 106 cm³/mol. The Bertz CT molecular complexity index is 916. The van der Waals surface area contributed by atoms with Gasteiger partial charge in [0.15, 0.2) is 0 Å². The number of pyridine rings is 1. The number of nitrogens with one attached hydrogen (secondary N) is 1. The van der Waals surface area contributed by atoms with E-state index < -0.39 is 0 Å². The first-order valence-corrected chi connectivity index (χ1v) is 10.1. The van der Waals surface area contributed by atoms with Crippen LogP contribution in [0.25, 0.3) is 22.2 Å². The van der Waals surface area contributed by atoms with E-state index in [0.29, 0.717) is 5.92 Å². The molecule has 4 heterocycles. The highest BCUT2D eigenvalue weighted by atomic mass is 16.5. The number of nitrogens with zero attached hydrogens (tertiary/aromatic N) is 4. The zero-order chi connectivity index (χ0) is 18.2. The predicted octanol–water partition coefficient (Wildman–Crippen LogP) is 3.32. The van der Waals surface area contributed by atoms with E-state index in [-0.39, 0.29) is 0 Å². The number of aromatic amines is 1. The van der Waals surface area contributed by atoms with Gasteiger partial charge in [-0.15, -0.1) is 0 Å². The number of H-pyrrole nitrogens is 1. The summed E-state index contributed by atoms with van der Waals surface area (Å²) in [7, 11) is 1.95. The number of aryl methyl sites for hydroxylation is 1. The van der Waals surface area contributed by atoms with Gasteiger partial charge in [-0.2, -0.15) is 5.10 Å². The van der Waals surface area contributed by atoms with E-state index in [2.05, 4.69) is 33.4 Å². The molecular formula is C21H27N5O. The Kier molecular flexibility index (Phi) is 4.45. The van der Waals surface area contributed by atoms with E-state index in [4.69, 9.17) is 9.72 Å². The van der Waals surface area contributed by atoms with Crippen LogP contribution >= 0.6 is 0 Å². The average molecular weight is 365 g/mol. The fourth-order valence-electron chi connectivity index (χ4n) is 4.76. The topological polar surface area (TPSA) is 59.0 Å². The Hall–Kier alpha value is -2.18. The second-order valence-corrected chi connectivity index (χ2v) is 7.92. The molecule has 2 fully saturated rings. The third kappa shape index (κ3) is 3.28. The van der Waals surface area contributed by atoms with E-state index in [1.165, 1.54) is 42.2 Å². The van der Waals surface area contributed by atoms with Crippen LogP contribution in [0, 0.1) is 0 Å². The highest BCUT2D eigenvalue weighted by Gasteiger charge is 2.28. The molecule has 0 amide bonds. The summed E-state index contributed by atoms with van der Waals surface area (Å²) >= 11 is 0. The van der Waals surface area contributed by atoms with Crippen LogP contribution in [0.4, 0.5) is 0 Å². The first kappa shape index (κ1) is 17.0. The largest absolute Gasteiger partial charge is 0.379 e. The summed E-state index contributed by atoms with van der Waals surface area (Å²) in [5, 5.41) is 5.52. The minimum absolute atomic E-state index is 0.621. The van der Waals surface area contributed by atoms with Crippen molar-refractivity contribution in [3.63, 3.8) is 0 Å². The number of hydrogen-bond donors (Lipinski definition) is 1. The monoisotopic (exact) mass is 365 g/mol. The van der Waals surface area contributed by atoms with Gasteiger partial charge in [-0.1, -0.05) is 0 Å². The molecule has 3 aromatic rings. The number of ether oxygens (including phenoxy) is 1. The molecule has 3 aromatic heterocycles. The first-order valence-electron chi connectivity index (χ1n) is 10.1. The van der Waals surface area contributed by atoms with E-state index in [1.807, 2.05) is 24.1 Å². The van der Waals surface area contributed by atoms with Crippen molar-refractivity contribution in [3.05, 3.63) is 36.4 Å². The second-order valence-electron chi connectivity index (χ2n) is 7.92. The summed E-state index contributed by atoms with van der Waals surface area (Å²) in [6.45, 7) is 3.98. The van der Waals surface area contributed by atoms with Crippen LogP contribution in [0.5, 0.6) is 0 Å². The molecule has 0 radical (unpaired) electrons. The smallest absolute Gasteiger partial charge is 0.137 e. The summed E-state index contributed by atoms with van der Waals surface area (Å²) in [5.74, 6) is 0.621. The highest BCUT2D eigenvalue weighted by Crippen LogP contribution is 2.37. The van der Waals surface area contributed by atoms with Gasteiger partial charge in [-0.3, -0.25) is 9.58 Å². The van der Waals surface area contributed by atoms with Gasteiger partial charge in [0.1, 0.15) is 5.65 Å². The molecule has 0 spiro atoms. The van der Waals surface area contributed by atoms with Crippen molar-refractivity contribution in [3.8, 4) is 11.1 Å². The lowest BCUT2D eigenvalue weighted by atomic mass is 9.81. The summed E-state index contributed by atoms with van der Waals surface area (Å²) in [6, 6.07) is 3.08. The first-order chi connectivity index (χ1) is 13.3. The van der Waals surface area contributed by atoms with E-state index in [1.54, 1.807) is 0 Å². The van der Waals surface area contributed by atoms with Crippen molar-refractivity contribution in [2.75, 3.05) is 26.3 Å². The molecule has 5 rings (SSSR count). The molecule has 1 N–H and O–H groups in total. The van der Waals surface area contributed by atoms with E-state index in [0.717, 1.165) is 43.6 Å². The van der Waals surface area contributed by atoms with Gasteiger partial charge in [0.25, 0.3) is 0 Å². The summed E-state index contributed by atoms with van der Waals surface area (Å²) in [6.07, 6.45) is 13.2. The van der Waals surface area contributed by atoms with Crippen LogP contribution in [0.1, 0.15) is 37.2 Å². The number of rotatable bonds is 3. The maximum atomic E-state index is 5.50. The third-order valence-corrected chi connectivity index (χ3v) is 6.30. The fraction of sp³-hybridized carbons (Fsp3) is 0.524. The van der Waals surface area contributed by atoms with Crippen molar-refractivity contribution in [2.24, 2.45) is 7.05 Å². The lowest BCUT2D eigenvalue weighted by Crippen LogP contribution is -2.44. The molecule has 0 atom stereocenters. The van der Waals surface area contributed by atoms with Crippen LogP contribution in [0.2, 0.25) is 0 Å². The molecule has 0 bridgehead atoms. The maximum Gasteiger partial charge on any atom is 0.137 e. The van der Waals surface area contributed by atoms with Crippen LogP contribution in [-0.4, -0.2) is 57.0 Å². The van der Waals surface area contributed by atoms with Gasteiger partial charge in [0, 0.05) is 61.3 Å². The van der Waals surface area contributed by atoms with Gasteiger partial charge in [0.05, 0.1) is 19.4 Å². The minimum Gasteiger partial charge on any atom is -0.379 e. The van der Waals surface area contributed by atoms with Crippen molar-refractivity contribution in [1.82, 2.24) is 24.6 Å². The van der Waals surface area contributed by atoms with Gasteiger partial charge < -0.3 is 9.72 Å². The quantitative estimate of drug-likeness (QED) is 0.773. The van der Waals surface area contributed by atoms with E-state index >= 15 is 0 Å². The molecule has 142 valence electrons. The molecule has 0 aromatic carbocycles. The molecule has 0 unspecified atom stereocenters. The van der Waals surface area contributed by atoms with Crippen molar-refractivity contribution in [2.45, 2.75) is 37.6 Å². The van der Waals surface area contributed by atoms with E-state index in [9.17, 15) is 0 Å². The SMILES string of the molecule is Cn1cc(-c2c[nH]c3ncc([C@H]4CC[C@H](N5CCOCC5)CC4)cc23)cn1. The zero-order valence-electron chi connectivity index (χ0n) is 15.9. The van der Waals surface area contributed by atoms with Crippen LogP contribution < -0.4 is 0 Å². The molecule has 6 nitrogen and oxygen atoms in total. The number of hydrogen-bond acceptors (Lipinski definition) is 4. The Balaban J connectivity index is 1.35. The number of aromatic nitrogens is 4. The molecule has 1 saturated carbocycles. The van der Waals surface area contributed by atoms with Crippen LogP contribution in [-0.2, 0) is 11.8 Å². The van der Waals surface area contributed by atoms with Gasteiger partial charge in [-0.05, 0) is 43.2 Å². The summed E-state index contributed by atoms with van der Waals surface area (Å²) in [4.78, 5) is 10.7. The summed E-state index contributed by atoms with van der Waals surface area (Å²) < 4.78 is 7.35. The molecule has 1 aliphatic heterocycles. The Morgan fingerprint density at radius 2 is 1.93 bits per heavy atom. The zero-order valence-corrected chi connectivity index (χ0v) is 15.9. The molecule has 2 aliphatic rings. The Morgan fingerprint density at radius 1 is 1.11 bits per heavy atom. The second kappa shape index (κ2) is 7.09. The number of morpholine rings is 1. The Labute approximate surface area is 159 Å². The molecule has 1 saturated heterocycles. The number of fused-ring (bicyclic) bond motifs is 1. The lowest BCUT2D eigenvalue weighted by Gasteiger charge is -2.38. The standard InChI is InChI=1S/C21H27N5O/c1-25-14-17(12-24-25)20-13-23-21-19(20)10-16(11-22-21)15-2-4-18(5-3-15)26-6-8-27-9-7-26/h10-15,18H,2-9H2,1H3,(H,22,23)/t15-,18-. The Morgan fingerprint density at radius 3 is 2.67 bits per heavy atom. The summed E-state index contributed by atoms with van der Waals surface area (Å²) in [5.41, 5.74) is 4.67. The highest BCUT2D eigenvalue weighted by molar-refractivity contribution is 5.93. The molecule has 1 aliphatic carbocycles. The van der Waals surface area contributed by atoms with Crippen molar-refractivity contribution < 1.29 is 4.74 Å². The van der Waals surface area contributed by atoms with Gasteiger partial charge >= 0.3 is 0 Å². The maximum absolute atomic E-state index is 5.50. The normalized spacial score (nSPS) is 24.5. The fourth-order valence-corrected chi connectivity index (χ4v) is 4.76. The van der Waals surface area contributed by atoms with Crippen molar-refractivity contribution >= 4 is 11.0 Å². The molecular weight excluding hydrogens is 338 g/mol. The van der Waals surface area contributed by atoms with Crippen LogP contribution in [0.3, 0.4) is 0 Å². The van der Waals surface area contributed by atoms with Gasteiger partial charge in [0.2, 0.25) is 0 Å². The van der Waals surface area contributed by atoms with Crippen LogP contribution in [0.15, 0.2) is 30.9 Å². The van der Waals surface area contributed by atoms with Crippen molar-refractivity contribution in [1.29, 1.82) is 0 Å². The minimum atomic E-state index is 0.621. The van der Waals surface area contributed by atoms with Gasteiger partial charge in [-0.25, -0.2) is 4.98 Å².